The van der Waals surface area contributed by atoms with Crippen molar-refractivity contribution >= 4 is 21.6 Å². The lowest BCUT2D eigenvalue weighted by Gasteiger charge is -2.11. The van der Waals surface area contributed by atoms with E-state index in [1.54, 1.807) is 12.1 Å². The second-order valence-corrected chi connectivity index (χ2v) is 7.81. The van der Waals surface area contributed by atoms with E-state index in [1.165, 1.54) is 16.9 Å². The number of ether oxygens (including phenoxy) is 1. The number of benzene rings is 2. The molecule has 0 aliphatic heterocycles. The van der Waals surface area contributed by atoms with Crippen molar-refractivity contribution in [1.29, 1.82) is 0 Å². The lowest BCUT2D eigenvalue weighted by Crippen LogP contribution is -2.33. The normalized spacial score (nSPS) is 11.9. The van der Waals surface area contributed by atoms with Crippen LogP contribution in [0.1, 0.15) is 11.1 Å². The molecule has 0 aromatic heterocycles. The summed E-state index contributed by atoms with van der Waals surface area (Å²) in [6.45, 7) is 1.95. The van der Waals surface area contributed by atoms with E-state index in [0.717, 1.165) is 23.3 Å². The molecule has 0 saturated heterocycles. The summed E-state index contributed by atoms with van der Waals surface area (Å²) in [5, 5.41) is 2.51. The third kappa shape index (κ3) is 6.54. The summed E-state index contributed by atoms with van der Waals surface area (Å²) in [4.78, 5) is 11.6. The molecule has 0 aliphatic carbocycles. The van der Waals surface area contributed by atoms with Crippen molar-refractivity contribution in [2.45, 2.75) is 24.9 Å². The SMILES string of the molecule is Cc1ccc(OCC(=O)Nc2ccc(S(=O)(=O)NCC(F)(F)F)cc2)cc1C. The van der Waals surface area contributed by atoms with Crippen LogP contribution in [0.5, 0.6) is 5.75 Å². The van der Waals surface area contributed by atoms with Gasteiger partial charge in [-0.25, -0.2) is 13.1 Å². The van der Waals surface area contributed by atoms with Crippen molar-refractivity contribution in [2.24, 2.45) is 0 Å². The van der Waals surface area contributed by atoms with Crippen LogP contribution in [0, 0.1) is 13.8 Å². The Morgan fingerprint density at radius 1 is 1.04 bits per heavy atom. The highest BCUT2D eigenvalue weighted by molar-refractivity contribution is 7.89. The average molecular weight is 416 g/mol. The Hall–Kier alpha value is -2.59. The van der Waals surface area contributed by atoms with Crippen LogP contribution in [0.4, 0.5) is 18.9 Å². The van der Waals surface area contributed by atoms with E-state index in [0.29, 0.717) is 5.75 Å². The molecule has 2 aromatic carbocycles. The molecule has 0 aliphatic rings. The molecule has 2 aromatic rings. The molecule has 152 valence electrons. The smallest absolute Gasteiger partial charge is 0.402 e. The second kappa shape index (κ2) is 8.61. The number of anilines is 1. The van der Waals surface area contributed by atoms with Gasteiger partial charge in [0.2, 0.25) is 10.0 Å². The summed E-state index contributed by atoms with van der Waals surface area (Å²) in [5.41, 5.74) is 2.40. The van der Waals surface area contributed by atoms with E-state index < -0.39 is 28.7 Å². The minimum atomic E-state index is -4.66. The highest BCUT2D eigenvalue weighted by Crippen LogP contribution is 2.18. The topological polar surface area (TPSA) is 84.5 Å². The van der Waals surface area contributed by atoms with Crippen molar-refractivity contribution in [2.75, 3.05) is 18.5 Å². The van der Waals surface area contributed by atoms with Gasteiger partial charge in [-0.05, 0) is 61.4 Å². The van der Waals surface area contributed by atoms with E-state index in [-0.39, 0.29) is 17.2 Å². The van der Waals surface area contributed by atoms with Crippen LogP contribution in [0.2, 0.25) is 0 Å². The predicted octanol–water partition coefficient (Wildman–Crippen LogP) is 3.16. The maximum absolute atomic E-state index is 12.2. The number of carbonyl (C=O) groups is 1. The zero-order chi connectivity index (χ0) is 20.9. The molecule has 1 amide bonds. The first-order valence-electron chi connectivity index (χ1n) is 8.13. The molecular weight excluding hydrogens is 397 g/mol. The Morgan fingerprint density at radius 2 is 1.68 bits per heavy atom. The van der Waals surface area contributed by atoms with E-state index in [4.69, 9.17) is 4.74 Å². The highest BCUT2D eigenvalue weighted by Gasteiger charge is 2.30. The largest absolute Gasteiger partial charge is 0.484 e. The van der Waals surface area contributed by atoms with Gasteiger partial charge >= 0.3 is 6.18 Å². The number of rotatable bonds is 7. The zero-order valence-electron chi connectivity index (χ0n) is 15.1. The predicted molar refractivity (Wildman–Crippen MR) is 97.7 cm³/mol. The first-order chi connectivity index (χ1) is 13.0. The minimum absolute atomic E-state index is 0.254. The average Bonchev–Trinajstić information content (AvgIpc) is 2.61. The van der Waals surface area contributed by atoms with Crippen molar-refractivity contribution in [3.8, 4) is 5.75 Å². The summed E-state index contributed by atoms with van der Waals surface area (Å²) in [5.74, 6) is 0.0689. The number of aryl methyl sites for hydroxylation is 2. The number of amides is 1. The number of alkyl halides is 3. The number of carbonyl (C=O) groups excluding carboxylic acids is 1. The molecule has 0 bridgehead atoms. The fourth-order valence-electron chi connectivity index (χ4n) is 2.13. The van der Waals surface area contributed by atoms with E-state index in [9.17, 15) is 26.4 Å². The first-order valence-corrected chi connectivity index (χ1v) is 9.61. The molecule has 0 fully saturated rings. The minimum Gasteiger partial charge on any atom is -0.484 e. The maximum Gasteiger partial charge on any atom is 0.402 e. The molecule has 28 heavy (non-hydrogen) atoms. The third-order valence-electron chi connectivity index (χ3n) is 3.76. The van der Waals surface area contributed by atoms with Gasteiger partial charge in [0.1, 0.15) is 12.3 Å². The van der Waals surface area contributed by atoms with Gasteiger partial charge < -0.3 is 10.1 Å². The second-order valence-electron chi connectivity index (χ2n) is 6.05. The molecule has 2 rings (SSSR count). The standard InChI is InChI=1S/C18H19F3N2O4S/c1-12-3-6-15(9-13(12)2)27-10-17(24)23-14-4-7-16(8-5-14)28(25,26)22-11-18(19,20)21/h3-9,22H,10-11H2,1-2H3,(H,23,24). The summed E-state index contributed by atoms with van der Waals surface area (Å²) < 4.78 is 66.9. The molecule has 0 unspecified atom stereocenters. The quantitative estimate of drug-likeness (QED) is 0.726. The summed E-state index contributed by atoms with van der Waals surface area (Å²) in [6, 6.07) is 10.1. The summed E-state index contributed by atoms with van der Waals surface area (Å²) in [7, 11) is -4.30. The molecule has 0 atom stereocenters. The van der Waals surface area contributed by atoms with Crippen molar-refractivity contribution in [3.05, 3.63) is 53.6 Å². The zero-order valence-corrected chi connectivity index (χ0v) is 15.9. The van der Waals surface area contributed by atoms with Crippen LogP contribution in [0.3, 0.4) is 0 Å². The van der Waals surface area contributed by atoms with E-state index in [2.05, 4.69) is 5.32 Å². The summed E-state index contributed by atoms with van der Waals surface area (Å²) in [6.07, 6.45) is -4.66. The molecule has 10 heteroatoms. The van der Waals surface area contributed by atoms with Crippen molar-refractivity contribution in [3.63, 3.8) is 0 Å². The van der Waals surface area contributed by atoms with Crippen LogP contribution < -0.4 is 14.8 Å². The molecule has 0 heterocycles. The van der Waals surface area contributed by atoms with Gasteiger partial charge in [0.15, 0.2) is 6.61 Å². The monoisotopic (exact) mass is 416 g/mol. The lowest BCUT2D eigenvalue weighted by molar-refractivity contribution is -0.121. The third-order valence-corrected chi connectivity index (χ3v) is 5.18. The first kappa shape index (κ1) is 21.7. The number of hydrogen-bond acceptors (Lipinski definition) is 4. The van der Waals surface area contributed by atoms with Gasteiger partial charge in [-0.3, -0.25) is 4.79 Å². The van der Waals surface area contributed by atoms with Gasteiger partial charge in [0.25, 0.3) is 5.91 Å². The Balaban J connectivity index is 1.92. The van der Waals surface area contributed by atoms with Gasteiger partial charge in [-0.15, -0.1) is 0 Å². The molecule has 0 saturated carbocycles. The maximum atomic E-state index is 12.2. The van der Waals surface area contributed by atoms with Gasteiger partial charge in [-0.2, -0.15) is 13.2 Å². The van der Waals surface area contributed by atoms with Crippen LogP contribution in [-0.4, -0.2) is 33.7 Å². The van der Waals surface area contributed by atoms with Gasteiger partial charge in [-0.1, -0.05) is 6.07 Å². The number of hydrogen-bond donors (Lipinski definition) is 2. The Morgan fingerprint density at radius 3 is 2.25 bits per heavy atom. The van der Waals surface area contributed by atoms with E-state index in [1.807, 2.05) is 19.9 Å². The van der Waals surface area contributed by atoms with Crippen molar-refractivity contribution < 1.29 is 31.1 Å². The fraction of sp³-hybridized carbons (Fsp3) is 0.278. The molecule has 2 N–H and O–H groups in total. The number of nitrogens with one attached hydrogen (secondary N) is 2. The molecular formula is C18H19F3N2O4S. The van der Waals surface area contributed by atoms with Gasteiger partial charge in [0.05, 0.1) is 4.90 Å². The number of sulfonamides is 1. The van der Waals surface area contributed by atoms with Gasteiger partial charge in [0, 0.05) is 5.69 Å². The lowest BCUT2D eigenvalue weighted by atomic mass is 10.1. The van der Waals surface area contributed by atoms with Crippen LogP contribution >= 0.6 is 0 Å². The Bertz CT molecular complexity index is 942. The Kier molecular flexibility index (Phi) is 6.68. The number of halogens is 3. The fourth-order valence-corrected chi connectivity index (χ4v) is 3.14. The van der Waals surface area contributed by atoms with Crippen LogP contribution in [0.15, 0.2) is 47.4 Å². The summed E-state index contributed by atoms with van der Waals surface area (Å²) >= 11 is 0. The van der Waals surface area contributed by atoms with Crippen LogP contribution in [0.25, 0.3) is 0 Å². The van der Waals surface area contributed by atoms with E-state index >= 15 is 0 Å². The van der Waals surface area contributed by atoms with Crippen molar-refractivity contribution in [1.82, 2.24) is 4.72 Å². The highest BCUT2D eigenvalue weighted by atomic mass is 32.2. The molecule has 0 radical (unpaired) electrons. The van der Waals surface area contributed by atoms with Crippen LogP contribution in [-0.2, 0) is 14.8 Å². The molecule has 6 nitrogen and oxygen atoms in total. The Labute approximate surface area is 160 Å². The molecule has 0 spiro atoms.